The minimum Gasteiger partial charge on any atom is -0.497 e. The number of methoxy groups -OCH3 is 2. The molecule has 0 heterocycles. The first-order valence-corrected chi connectivity index (χ1v) is 8.81. The van der Waals surface area contributed by atoms with E-state index >= 15 is 0 Å². The molecule has 0 unspecified atom stereocenters. The van der Waals surface area contributed by atoms with Gasteiger partial charge in [-0.05, 0) is 43.7 Å². The standard InChI is InChI=1S/C21H26N2O4/c1-14-7-5-6-8-17(14)21(25)22-12-11-20(24)23-15(2)18-13-16(26-3)9-10-19(18)27-4/h5-10,13,15H,11-12H2,1-4H3,(H,22,25)(H,23,24)/t15-/m1/s1. The van der Waals surface area contributed by atoms with E-state index in [4.69, 9.17) is 9.47 Å². The lowest BCUT2D eigenvalue weighted by atomic mass is 10.1. The van der Waals surface area contributed by atoms with E-state index in [1.165, 1.54) is 0 Å². The molecule has 0 saturated heterocycles. The molecule has 2 N–H and O–H groups in total. The number of amides is 2. The molecule has 2 rings (SSSR count). The highest BCUT2D eigenvalue weighted by Gasteiger charge is 2.15. The van der Waals surface area contributed by atoms with Crippen molar-refractivity contribution in [3.8, 4) is 11.5 Å². The van der Waals surface area contributed by atoms with Crippen LogP contribution in [0, 0.1) is 6.92 Å². The molecule has 0 spiro atoms. The molecule has 1 atom stereocenters. The molecule has 0 aliphatic rings. The molecule has 0 fully saturated rings. The second-order valence-electron chi connectivity index (χ2n) is 6.22. The third-order valence-electron chi connectivity index (χ3n) is 4.31. The summed E-state index contributed by atoms with van der Waals surface area (Å²) in [5.74, 6) is 1.04. The smallest absolute Gasteiger partial charge is 0.251 e. The van der Waals surface area contributed by atoms with Gasteiger partial charge in [0, 0.05) is 24.1 Å². The molecule has 0 aromatic heterocycles. The lowest BCUT2D eigenvalue weighted by Gasteiger charge is -2.18. The van der Waals surface area contributed by atoms with Crippen molar-refractivity contribution in [1.82, 2.24) is 10.6 Å². The first-order chi connectivity index (χ1) is 13.0. The van der Waals surface area contributed by atoms with Gasteiger partial charge in [-0.2, -0.15) is 0 Å². The molecule has 2 aromatic rings. The second kappa shape index (κ2) is 9.62. The molecule has 0 bridgehead atoms. The predicted octanol–water partition coefficient (Wildman–Crippen LogP) is 3.01. The van der Waals surface area contributed by atoms with Crippen LogP contribution in [0.15, 0.2) is 42.5 Å². The molecule has 0 saturated carbocycles. The summed E-state index contributed by atoms with van der Waals surface area (Å²) in [5, 5.41) is 5.70. The number of carbonyl (C=O) groups is 2. The van der Waals surface area contributed by atoms with Crippen LogP contribution in [0.3, 0.4) is 0 Å². The quantitative estimate of drug-likeness (QED) is 0.749. The third kappa shape index (κ3) is 5.48. The Morgan fingerprint density at radius 2 is 1.81 bits per heavy atom. The lowest BCUT2D eigenvalue weighted by molar-refractivity contribution is -0.121. The fraction of sp³-hybridized carbons (Fsp3) is 0.333. The van der Waals surface area contributed by atoms with Crippen LogP contribution < -0.4 is 20.1 Å². The van der Waals surface area contributed by atoms with Gasteiger partial charge < -0.3 is 20.1 Å². The molecule has 0 radical (unpaired) electrons. The highest BCUT2D eigenvalue weighted by molar-refractivity contribution is 5.95. The summed E-state index contributed by atoms with van der Waals surface area (Å²) in [4.78, 5) is 24.4. The van der Waals surface area contributed by atoms with Gasteiger partial charge in [-0.1, -0.05) is 18.2 Å². The Kier molecular flexibility index (Phi) is 7.23. The van der Waals surface area contributed by atoms with Crippen LogP contribution in [0.25, 0.3) is 0 Å². The van der Waals surface area contributed by atoms with Crippen molar-refractivity contribution < 1.29 is 19.1 Å². The van der Waals surface area contributed by atoms with Crippen molar-refractivity contribution in [3.63, 3.8) is 0 Å². The number of rotatable bonds is 8. The molecule has 6 nitrogen and oxygen atoms in total. The van der Waals surface area contributed by atoms with Gasteiger partial charge in [0.05, 0.1) is 20.3 Å². The molecule has 0 aliphatic heterocycles. The van der Waals surface area contributed by atoms with Crippen LogP contribution in [0.5, 0.6) is 11.5 Å². The first-order valence-electron chi connectivity index (χ1n) is 8.81. The van der Waals surface area contributed by atoms with Gasteiger partial charge >= 0.3 is 0 Å². The van der Waals surface area contributed by atoms with Gasteiger partial charge in [0.25, 0.3) is 5.91 Å². The molecule has 27 heavy (non-hydrogen) atoms. The summed E-state index contributed by atoms with van der Waals surface area (Å²) in [6.07, 6.45) is 0.189. The van der Waals surface area contributed by atoms with Gasteiger partial charge in [-0.3, -0.25) is 9.59 Å². The molecule has 0 aliphatic carbocycles. The Labute approximate surface area is 159 Å². The van der Waals surface area contributed by atoms with Crippen molar-refractivity contribution in [3.05, 3.63) is 59.2 Å². The fourth-order valence-corrected chi connectivity index (χ4v) is 2.78. The Morgan fingerprint density at radius 3 is 2.48 bits per heavy atom. The average Bonchev–Trinajstić information content (AvgIpc) is 2.67. The second-order valence-corrected chi connectivity index (χ2v) is 6.22. The van der Waals surface area contributed by atoms with Crippen LogP contribution in [0.2, 0.25) is 0 Å². The molecule has 2 amide bonds. The lowest BCUT2D eigenvalue weighted by Crippen LogP contribution is -2.32. The largest absolute Gasteiger partial charge is 0.497 e. The zero-order chi connectivity index (χ0) is 19.8. The monoisotopic (exact) mass is 370 g/mol. The van der Waals surface area contributed by atoms with E-state index in [-0.39, 0.29) is 30.8 Å². The van der Waals surface area contributed by atoms with Gasteiger partial charge in [0.2, 0.25) is 5.91 Å². The first kappa shape index (κ1) is 20.3. The minimum atomic E-state index is -0.255. The number of hydrogen-bond donors (Lipinski definition) is 2. The summed E-state index contributed by atoms with van der Waals surface area (Å²) in [7, 11) is 3.17. The van der Waals surface area contributed by atoms with Gasteiger partial charge in [-0.15, -0.1) is 0 Å². The molecule has 2 aromatic carbocycles. The van der Waals surface area contributed by atoms with Crippen LogP contribution in [0.1, 0.15) is 40.9 Å². The average molecular weight is 370 g/mol. The van der Waals surface area contributed by atoms with E-state index in [2.05, 4.69) is 10.6 Å². The Balaban J connectivity index is 1.88. The van der Waals surface area contributed by atoms with Crippen molar-refractivity contribution in [2.45, 2.75) is 26.3 Å². The maximum atomic E-state index is 12.2. The molecular formula is C21H26N2O4. The van der Waals surface area contributed by atoms with E-state index in [1.807, 2.05) is 38.1 Å². The Bertz CT molecular complexity index is 805. The maximum absolute atomic E-state index is 12.2. The predicted molar refractivity (Wildman–Crippen MR) is 104 cm³/mol. The Hall–Kier alpha value is -3.02. The molecular weight excluding hydrogens is 344 g/mol. The number of hydrogen-bond acceptors (Lipinski definition) is 4. The Morgan fingerprint density at radius 1 is 1.07 bits per heavy atom. The van der Waals surface area contributed by atoms with E-state index in [1.54, 1.807) is 32.4 Å². The molecule has 6 heteroatoms. The van der Waals surface area contributed by atoms with E-state index < -0.39 is 0 Å². The number of benzene rings is 2. The summed E-state index contributed by atoms with van der Waals surface area (Å²) in [5.41, 5.74) is 2.35. The van der Waals surface area contributed by atoms with E-state index in [9.17, 15) is 9.59 Å². The minimum absolute atomic E-state index is 0.155. The highest BCUT2D eigenvalue weighted by Crippen LogP contribution is 2.29. The van der Waals surface area contributed by atoms with Crippen LogP contribution in [-0.2, 0) is 4.79 Å². The molecule has 144 valence electrons. The van der Waals surface area contributed by atoms with Crippen molar-refractivity contribution in [2.75, 3.05) is 20.8 Å². The SMILES string of the molecule is COc1ccc(OC)c([C@@H](C)NC(=O)CCNC(=O)c2ccccc2C)c1. The van der Waals surface area contributed by atoms with Crippen molar-refractivity contribution in [1.29, 1.82) is 0 Å². The summed E-state index contributed by atoms with van der Waals surface area (Å²) in [6, 6.07) is 12.5. The van der Waals surface area contributed by atoms with E-state index in [0.29, 0.717) is 17.1 Å². The fourth-order valence-electron chi connectivity index (χ4n) is 2.78. The normalized spacial score (nSPS) is 11.4. The van der Waals surface area contributed by atoms with Gasteiger partial charge in [0.1, 0.15) is 11.5 Å². The number of carbonyl (C=O) groups excluding carboxylic acids is 2. The topological polar surface area (TPSA) is 76.7 Å². The maximum Gasteiger partial charge on any atom is 0.251 e. The summed E-state index contributed by atoms with van der Waals surface area (Å²) < 4.78 is 10.6. The van der Waals surface area contributed by atoms with E-state index in [0.717, 1.165) is 11.1 Å². The number of ether oxygens (including phenoxy) is 2. The van der Waals surface area contributed by atoms with Crippen LogP contribution >= 0.6 is 0 Å². The van der Waals surface area contributed by atoms with Gasteiger partial charge in [0.15, 0.2) is 0 Å². The number of nitrogens with one attached hydrogen (secondary N) is 2. The van der Waals surface area contributed by atoms with Crippen LogP contribution in [-0.4, -0.2) is 32.6 Å². The highest BCUT2D eigenvalue weighted by atomic mass is 16.5. The zero-order valence-corrected chi connectivity index (χ0v) is 16.2. The number of aryl methyl sites for hydroxylation is 1. The van der Waals surface area contributed by atoms with Crippen LogP contribution in [0.4, 0.5) is 0 Å². The third-order valence-corrected chi connectivity index (χ3v) is 4.31. The van der Waals surface area contributed by atoms with Crippen molar-refractivity contribution in [2.24, 2.45) is 0 Å². The van der Waals surface area contributed by atoms with Gasteiger partial charge in [-0.25, -0.2) is 0 Å². The van der Waals surface area contributed by atoms with Crippen molar-refractivity contribution >= 4 is 11.8 Å². The summed E-state index contributed by atoms with van der Waals surface area (Å²) >= 11 is 0. The zero-order valence-electron chi connectivity index (χ0n) is 16.2. The summed E-state index contributed by atoms with van der Waals surface area (Å²) in [6.45, 7) is 4.02.